The fraction of sp³-hybridized carbons (Fsp3) is 0.0612. The Morgan fingerprint density at radius 1 is 0.400 bits per heavy atom. The molecule has 0 radical (unpaired) electrons. The van der Waals surface area contributed by atoms with Crippen molar-refractivity contribution in [3.8, 4) is 39.1 Å². The van der Waals surface area contributed by atoms with Gasteiger partial charge in [0.15, 0.2) is 0 Å². The lowest BCUT2D eigenvalue weighted by atomic mass is 9.69. The molecule has 0 amide bonds. The van der Waals surface area contributed by atoms with Crippen LogP contribution in [0.15, 0.2) is 182 Å². The van der Waals surface area contributed by atoms with Gasteiger partial charge in [0.2, 0.25) is 0 Å². The van der Waals surface area contributed by atoms with Gasteiger partial charge in [0.05, 0.1) is 16.7 Å². The molecule has 0 aliphatic heterocycles. The van der Waals surface area contributed by atoms with Gasteiger partial charge >= 0.3 is 0 Å². The zero-order chi connectivity index (χ0) is 33.2. The lowest BCUT2D eigenvalue weighted by Crippen LogP contribution is -2.17. The summed E-state index contributed by atoms with van der Waals surface area (Å²) in [5.41, 5.74) is 15.6. The average Bonchev–Trinajstić information content (AvgIpc) is 3.52. The van der Waals surface area contributed by atoms with Crippen LogP contribution >= 0.6 is 0 Å². The number of nitrogens with zero attached hydrogens (tertiary/aromatic N) is 1. The second kappa shape index (κ2) is 11.5. The van der Waals surface area contributed by atoms with Crippen LogP contribution in [0.1, 0.15) is 35.4 Å². The minimum absolute atomic E-state index is 0.297. The minimum Gasteiger partial charge on any atom is -0.309 e. The molecule has 236 valence electrons. The Labute approximate surface area is 292 Å². The van der Waals surface area contributed by atoms with Crippen LogP contribution in [0.25, 0.3) is 71.6 Å². The molecule has 8 aromatic carbocycles. The molecule has 9 aromatic rings. The molecule has 1 heterocycles. The van der Waals surface area contributed by atoms with E-state index in [1.54, 1.807) is 0 Å². The fourth-order valence-electron chi connectivity index (χ4n) is 8.63. The number of hydrogen-bond donors (Lipinski definition) is 0. The number of hydrogen-bond acceptors (Lipinski definition) is 0. The standard InChI is InChI=1S/C49H35N/c1-32-39-28-26-37(30-44(39)41-17-7-8-19-43(41)49(32)36-24-22-34(23-25-36)33-12-3-2-4-13-33)38-27-29-48-45(31-38)42-18-9-10-20-47(42)50(48)46-21-11-15-35-14-5-6-16-40(35)46/h2-32,49H,1H3. The zero-order valence-electron chi connectivity index (χ0n) is 27.9. The van der Waals surface area contributed by atoms with Crippen molar-refractivity contribution in [2.24, 2.45) is 0 Å². The van der Waals surface area contributed by atoms with Crippen LogP contribution in [0.2, 0.25) is 0 Å². The number of benzene rings is 8. The molecule has 0 saturated carbocycles. The lowest BCUT2D eigenvalue weighted by Gasteiger charge is -2.34. The summed E-state index contributed by atoms with van der Waals surface area (Å²) in [4.78, 5) is 0. The second-order valence-electron chi connectivity index (χ2n) is 13.7. The predicted molar refractivity (Wildman–Crippen MR) is 211 cm³/mol. The van der Waals surface area contributed by atoms with Gasteiger partial charge < -0.3 is 4.57 Å². The Morgan fingerprint density at radius 2 is 1.04 bits per heavy atom. The molecule has 0 N–H and O–H groups in total. The first-order chi connectivity index (χ1) is 24.7. The molecule has 0 saturated heterocycles. The third-order valence-corrected chi connectivity index (χ3v) is 11.0. The van der Waals surface area contributed by atoms with Gasteiger partial charge in [-0.05, 0) is 91.7 Å². The second-order valence-corrected chi connectivity index (χ2v) is 13.7. The summed E-state index contributed by atoms with van der Waals surface area (Å²) in [6.45, 7) is 2.40. The highest BCUT2D eigenvalue weighted by atomic mass is 15.0. The molecule has 1 aliphatic carbocycles. The van der Waals surface area contributed by atoms with Gasteiger partial charge in [0.25, 0.3) is 0 Å². The monoisotopic (exact) mass is 637 g/mol. The third kappa shape index (κ3) is 4.47. The smallest absolute Gasteiger partial charge is 0.0541 e. The van der Waals surface area contributed by atoms with Gasteiger partial charge in [-0.15, -0.1) is 0 Å². The summed E-state index contributed by atoms with van der Waals surface area (Å²) in [5, 5.41) is 5.06. The Bertz CT molecular complexity index is 2710. The highest BCUT2D eigenvalue weighted by molar-refractivity contribution is 6.11. The molecule has 50 heavy (non-hydrogen) atoms. The molecular formula is C49H35N. The molecule has 1 aliphatic rings. The molecule has 10 rings (SSSR count). The van der Waals surface area contributed by atoms with Crippen LogP contribution in [0.4, 0.5) is 0 Å². The van der Waals surface area contributed by atoms with E-state index in [4.69, 9.17) is 0 Å². The number of para-hydroxylation sites is 1. The predicted octanol–water partition coefficient (Wildman–Crippen LogP) is 13.2. The maximum atomic E-state index is 2.44. The van der Waals surface area contributed by atoms with E-state index in [1.165, 1.54) is 88.3 Å². The Balaban J connectivity index is 1.08. The third-order valence-electron chi connectivity index (χ3n) is 11.0. The first kappa shape index (κ1) is 28.8. The lowest BCUT2D eigenvalue weighted by molar-refractivity contribution is 0.650. The van der Waals surface area contributed by atoms with Gasteiger partial charge in [0, 0.05) is 22.1 Å². The van der Waals surface area contributed by atoms with E-state index in [-0.39, 0.29) is 0 Å². The van der Waals surface area contributed by atoms with Crippen molar-refractivity contribution in [3.05, 3.63) is 199 Å². The molecular weight excluding hydrogens is 603 g/mol. The van der Waals surface area contributed by atoms with Gasteiger partial charge in [-0.2, -0.15) is 0 Å². The zero-order valence-corrected chi connectivity index (χ0v) is 27.9. The molecule has 1 nitrogen and oxygen atoms in total. The van der Waals surface area contributed by atoms with Crippen LogP contribution in [0.3, 0.4) is 0 Å². The SMILES string of the molecule is CC1c2ccc(-c3ccc4c(c3)c3ccccc3n4-c3cccc4ccccc34)cc2-c2ccccc2C1c1ccc(-c2ccccc2)cc1. The minimum atomic E-state index is 0.297. The van der Waals surface area contributed by atoms with Crippen LogP contribution in [-0.2, 0) is 0 Å². The molecule has 0 fully saturated rings. The first-order valence-corrected chi connectivity index (χ1v) is 17.6. The van der Waals surface area contributed by atoms with Crippen molar-refractivity contribution in [1.82, 2.24) is 4.57 Å². The van der Waals surface area contributed by atoms with E-state index >= 15 is 0 Å². The normalized spacial score (nSPS) is 15.3. The van der Waals surface area contributed by atoms with Crippen molar-refractivity contribution in [3.63, 3.8) is 0 Å². The largest absolute Gasteiger partial charge is 0.309 e. The van der Waals surface area contributed by atoms with Crippen molar-refractivity contribution in [2.45, 2.75) is 18.8 Å². The van der Waals surface area contributed by atoms with E-state index in [9.17, 15) is 0 Å². The van der Waals surface area contributed by atoms with E-state index in [0.717, 1.165) is 0 Å². The van der Waals surface area contributed by atoms with Crippen LogP contribution < -0.4 is 0 Å². The number of aromatic nitrogens is 1. The molecule has 1 heteroatoms. The molecule has 0 spiro atoms. The van der Waals surface area contributed by atoms with E-state index in [1.807, 2.05) is 0 Å². The molecule has 1 aromatic heterocycles. The highest BCUT2D eigenvalue weighted by Crippen LogP contribution is 2.50. The first-order valence-electron chi connectivity index (χ1n) is 17.6. The van der Waals surface area contributed by atoms with Crippen LogP contribution in [-0.4, -0.2) is 4.57 Å². The molecule has 2 atom stereocenters. The van der Waals surface area contributed by atoms with Gasteiger partial charge in [-0.1, -0.05) is 159 Å². The fourth-order valence-corrected chi connectivity index (χ4v) is 8.63. The van der Waals surface area contributed by atoms with Crippen molar-refractivity contribution in [1.29, 1.82) is 0 Å². The Morgan fingerprint density at radius 3 is 1.92 bits per heavy atom. The van der Waals surface area contributed by atoms with E-state index < -0.39 is 0 Å². The Hall–Kier alpha value is -6.18. The van der Waals surface area contributed by atoms with Gasteiger partial charge in [0.1, 0.15) is 0 Å². The number of fused-ring (bicyclic) bond motifs is 7. The summed E-state index contributed by atoms with van der Waals surface area (Å²) in [5.74, 6) is 0.642. The van der Waals surface area contributed by atoms with Crippen molar-refractivity contribution >= 4 is 32.6 Å². The summed E-state index contributed by atoms with van der Waals surface area (Å²) in [6.07, 6.45) is 0. The van der Waals surface area contributed by atoms with Gasteiger partial charge in [-0.25, -0.2) is 0 Å². The molecule has 2 unspecified atom stereocenters. The van der Waals surface area contributed by atoms with E-state index in [0.29, 0.717) is 11.8 Å². The van der Waals surface area contributed by atoms with Crippen LogP contribution in [0.5, 0.6) is 0 Å². The average molecular weight is 638 g/mol. The topological polar surface area (TPSA) is 4.93 Å². The summed E-state index contributed by atoms with van der Waals surface area (Å²) >= 11 is 0. The number of rotatable bonds is 4. The van der Waals surface area contributed by atoms with Crippen molar-refractivity contribution in [2.75, 3.05) is 0 Å². The quantitative estimate of drug-likeness (QED) is 0.181. The maximum Gasteiger partial charge on any atom is 0.0541 e. The molecule has 0 bridgehead atoms. The van der Waals surface area contributed by atoms with E-state index in [2.05, 4.69) is 193 Å². The summed E-state index contributed by atoms with van der Waals surface area (Å²) < 4.78 is 2.44. The maximum absolute atomic E-state index is 2.44. The Kier molecular flexibility index (Phi) is 6.60. The van der Waals surface area contributed by atoms with Gasteiger partial charge in [-0.3, -0.25) is 0 Å². The van der Waals surface area contributed by atoms with Crippen LogP contribution in [0, 0.1) is 0 Å². The van der Waals surface area contributed by atoms with Crippen molar-refractivity contribution < 1.29 is 0 Å². The summed E-state index contributed by atoms with van der Waals surface area (Å²) in [7, 11) is 0. The highest BCUT2D eigenvalue weighted by Gasteiger charge is 2.32. The summed E-state index contributed by atoms with van der Waals surface area (Å²) in [6, 6.07) is 67.2.